The van der Waals surface area contributed by atoms with Gasteiger partial charge in [-0.2, -0.15) is 0 Å². The second-order valence-electron chi connectivity index (χ2n) is 1.61. The van der Waals surface area contributed by atoms with Gasteiger partial charge in [-0.05, 0) is 12.1 Å². The van der Waals surface area contributed by atoms with E-state index < -0.39 is 5.91 Å². The molecule has 0 aliphatic heterocycles. The van der Waals surface area contributed by atoms with Crippen LogP contribution in [0.3, 0.4) is 0 Å². The molecule has 54 valence electrons. The van der Waals surface area contributed by atoms with Gasteiger partial charge in [0.2, 0.25) is 5.91 Å². The maximum absolute atomic E-state index is 10.4. The zero-order valence-corrected chi connectivity index (χ0v) is 8.88. The van der Waals surface area contributed by atoms with Gasteiger partial charge in [-0.1, -0.05) is 0 Å². The van der Waals surface area contributed by atoms with Gasteiger partial charge in [-0.3, -0.25) is 9.78 Å². The molecule has 0 bridgehead atoms. The van der Waals surface area contributed by atoms with Crippen molar-refractivity contribution in [2.45, 2.75) is 0 Å². The van der Waals surface area contributed by atoms with Crippen molar-refractivity contribution in [1.82, 2.24) is 4.98 Å². The van der Waals surface area contributed by atoms with Crippen LogP contribution in [-0.2, 0) is 0 Å². The van der Waals surface area contributed by atoms with Crippen molar-refractivity contribution in [3.05, 3.63) is 30.1 Å². The Morgan fingerprint density at radius 3 is 2.45 bits per heavy atom. The maximum atomic E-state index is 10.4. The molecule has 1 aromatic heterocycles. The molecule has 3 nitrogen and oxygen atoms in total. The molecule has 1 rings (SSSR count). The van der Waals surface area contributed by atoms with Gasteiger partial charge < -0.3 is 18.1 Å². The Morgan fingerprint density at radius 2 is 2.18 bits per heavy atom. The zero-order valence-electron chi connectivity index (χ0n) is 6.12. The van der Waals surface area contributed by atoms with Crippen LogP contribution >= 0.6 is 0 Å². The minimum Gasteiger partial charge on any atom is -1.00 e. The van der Waals surface area contributed by atoms with Gasteiger partial charge in [0.15, 0.2) is 0 Å². The number of nitrogens with zero attached hydrogens (tertiary/aromatic N) is 1. The van der Waals surface area contributed by atoms with Crippen LogP contribution < -0.4 is 47.7 Å². The number of halogens is 1. The van der Waals surface area contributed by atoms with E-state index in [9.17, 15) is 4.79 Å². The Bertz CT molecular complexity index is 217. The molecule has 5 heteroatoms. The van der Waals surface area contributed by atoms with Crippen molar-refractivity contribution >= 4 is 5.91 Å². The standard InChI is InChI=1S/C6H6N2O.ClH.Na/c7-6(9)5-2-1-3-8-4-5;;/h1-4H,(H2,7,9);1H;/q;;+1/p-1. The number of hydrogen-bond acceptors (Lipinski definition) is 2. The van der Waals surface area contributed by atoms with Crippen LogP contribution in [0.5, 0.6) is 0 Å². The third-order valence-corrected chi connectivity index (χ3v) is 0.946. The number of nitrogens with two attached hydrogens (primary N) is 1. The molecule has 0 aliphatic rings. The van der Waals surface area contributed by atoms with E-state index in [0.717, 1.165) is 0 Å². The molecule has 2 N–H and O–H groups in total. The van der Waals surface area contributed by atoms with E-state index >= 15 is 0 Å². The molecule has 11 heavy (non-hydrogen) atoms. The smallest absolute Gasteiger partial charge is 1.00 e. The Morgan fingerprint density at radius 1 is 1.55 bits per heavy atom. The summed E-state index contributed by atoms with van der Waals surface area (Å²) in [5.74, 6) is -0.442. The molecule has 0 fully saturated rings. The van der Waals surface area contributed by atoms with Crippen molar-refractivity contribution in [2.24, 2.45) is 5.73 Å². The molecule has 0 aromatic carbocycles. The molecule has 1 aromatic rings. The summed E-state index contributed by atoms with van der Waals surface area (Å²) >= 11 is 0. The van der Waals surface area contributed by atoms with E-state index in [0.29, 0.717) is 5.56 Å². The molecular weight excluding hydrogens is 175 g/mol. The van der Waals surface area contributed by atoms with Gasteiger partial charge in [0.05, 0.1) is 5.56 Å². The molecule has 0 saturated heterocycles. The summed E-state index contributed by atoms with van der Waals surface area (Å²) in [5.41, 5.74) is 5.38. The summed E-state index contributed by atoms with van der Waals surface area (Å²) in [6.07, 6.45) is 3.02. The molecule has 0 radical (unpaired) electrons. The molecule has 1 amide bonds. The quantitative estimate of drug-likeness (QED) is 0.438. The number of aromatic nitrogens is 1. The molecule has 0 unspecified atom stereocenters. The van der Waals surface area contributed by atoms with Crippen LogP contribution in [0.25, 0.3) is 0 Å². The van der Waals surface area contributed by atoms with Gasteiger partial charge >= 0.3 is 29.6 Å². The van der Waals surface area contributed by atoms with Crippen molar-refractivity contribution in [2.75, 3.05) is 0 Å². The number of carbonyl (C=O) groups is 1. The van der Waals surface area contributed by atoms with Crippen molar-refractivity contribution in [3.63, 3.8) is 0 Å². The van der Waals surface area contributed by atoms with Gasteiger partial charge in [-0.25, -0.2) is 0 Å². The summed E-state index contributed by atoms with van der Waals surface area (Å²) in [5, 5.41) is 0. The molecular formula is C6H6ClN2NaO. The SMILES string of the molecule is NC(=O)c1cccnc1.[Cl-].[Na+]. The second-order valence-corrected chi connectivity index (χ2v) is 1.61. The average molecular weight is 181 g/mol. The molecule has 0 spiro atoms. The maximum Gasteiger partial charge on any atom is 1.00 e. The van der Waals surface area contributed by atoms with E-state index in [-0.39, 0.29) is 42.0 Å². The molecule has 0 saturated carbocycles. The Hall–Kier alpha value is -0.0900. The number of primary amides is 1. The fourth-order valence-electron chi connectivity index (χ4n) is 0.509. The Kier molecular flexibility index (Phi) is 8.11. The van der Waals surface area contributed by atoms with Crippen LogP contribution in [0.15, 0.2) is 24.5 Å². The first-order valence-corrected chi connectivity index (χ1v) is 2.50. The predicted octanol–water partition coefficient (Wildman–Crippen LogP) is -5.81. The van der Waals surface area contributed by atoms with Crippen molar-refractivity contribution in [1.29, 1.82) is 0 Å². The summed E-state index contributed by atoms with van der Waals surface area (Å²) in [6.45, 7) is 0. The van der Waals surface area contributed by atoms with Gasteiger partial charge in [-0.15, -0.1) is 0 Å². The van der Waals surface area contributed by atoms with E-state index in [1.54, 1.807) is 18.3 Å². The van der Waals surface area contributed by atoms with E-state index in [1.165, 1.54) is 6.20 Å². The summed E-state index contributed by atoms with van der Waals surface area (Å²) in [6, 6.07) is 3.29. The number of pyridine rings is 1. The first kappa shape index (κ1) is 13.5. The first-order valence-electron chi connectivity index (χ1n) is 2.50. The minimum atomic E-state index is -0.442. The van der Waals surface area contributed by atoms with Crippen molar-refractivity contribution in [3.8, 4) is 0 Å². The molecule has 1 heterocycles. The van der Waals surface area contributed by atoms with Crippen LogP contribution in [0.1, 0.15) is 10.4 Å². The monoisotopic (exact) mass is 180 g/mol. The second kappa shape index (κ2) is 6.61. The largest absolute Gasteiger partial charge is 1.00 e. The summed E-state index contributed by atoms with van der Waals surface area (Å²) < 4.78 is 0. The van der Waals surface area contributed by atoms with E-state index in [2.05, 4.69) is 4.98 Å². The first-order chi connectivity index (χ1) is 4.30. The minimum absolute atomic E-state index is 0. The number of amides is 1. The van der Waals surface area contributed by atoms with Crippen LogP contribution in [0.4, 0.5) is 0 Å². The van der Waals surface area contributed by atoms with Gasteiger partial charge in [0, 0.05) is 12.4 Å². The number of hydrogen-bond donors (Lipinski definition) is 1. The van der Waals surface area contributed by atoms with E-state index in [1.807, 2.05) is 0 Å². The molecule has 0 atom stereocenters. The average Bonchev–Trinajstić information content (AvgIpc) is 1.90. The topological polar surface area (TPSA) is 56.0 Å². The summed E-state index contributed by atoms with van der Waals surface area (Å²) in [7, 11) is 0. The predicted molar refractivity (Wildman–Crippen MR) is 32.8 cm³/mol. The third-order valence-electron chi connectivity index (χ3n) is 0.946. The zero-order chi connectivity index (χ0) is 6.69. The third kappa shape index (κ3) is 4.37. The van der Waals surface area contributed by atoms with Crippen LogP contribution in [0.2, 0.25) is 0 Å². The van der Waals surface area contributed by atoms with Gasteiger partial charge in [0.1, 0.15) is 0 Å². The summed E-state index contributed by atoms with van der Waals surface area (Å²) in [4.78, 5) is 14.1. The fourth-order valence-corrected chi connectivity index (χ4v) is 0.509. The molecule has 0 aliphatic carbocycles. The van der Waals surface area contributed by atoms with E-state index in [4.69, 9.17) is 5.73 Å². The van der Waals surface area contributed by atoms with Gasteiger partial charge in [0.25, 0.3) is 0 Å². The number of carbonyl (C=O) groups excluding carboxylic acids is 1. The van der Waals surface area contributed by atoms with Crippen LogP contribution in [-0.4, -0.2) is 10.9 Å². The Labute approximate surface area is 93.1 Å². The fraction of sp³-hybridized carbons (Fsp3) is 0. The normalized spacial score (nSPS) is 7.27. The Balaban J connectivity index is 0. The van der Waals surface area contributed by atoms with Crippen molar-refractivity contribution < 1.29 is 46.8 Å². The number of rotatable bonds is 1. The van der Waals surface area contributed by atoms with Crippen LogP contribution in [0, 0.1) is 0 Å².